The molecular weight excluding hydrogens is 130 g/mol. The monoisotopic (exact) mass is 145 g/mol. The molecule has 3 nitrogen and oxygen atoms in total. The summed E-state index contributed by atoms with van der Waals surface area (Å²) in [6, 6.07) is -0.105. The quantitative estimate of drug-likeness (QED) is 0.594. The maximum Gasteiger partial charge on any atom is 0.307 e. The third-order valence-electron chi connectivity index (χ3n) is 0.856. The van der Waals surface area contributed by atoms with Gasteiger partial charge < -0.3 is 10.5 Å². The van der Waals surface area contributed by atoms with Crippen molar-refractivity contribution in [2.45, 2.75) is 39.3 Å². The molecule has 0 aromatic rings. The Morgan fingerprint density at radius 2 is 2.00 bits per heavy atom. The lowest BCUT2D eigenvalue weighted by atomic mass is 10.2. The van der Waals surface area contributed by atoms with Crippen LogP contribution in [0, 0.1) is 0 Å². The van der Waals surface area contributed by atoms with Gasteiger partial charge in [-0.2, -0.15) is 0 Å². The first-order valence-corrected chi connectivity index (χ1v) is 3.47. The normalized spacial score (nSPS) is 13.3. The summed E-state index contributed by atoms with van der Waals surface area (Å²) < 4.78 is 4.84. The van der Waals surface area contributed by atoms with Crippen molar-refractivity contribution in [3.05, 3.63) is 0 Å². The summed E-state index contributed by atoms with van der Waals surface area (Å²) in [5, 5.41) is 0. The predicted molar refractivity (Wildman–Crippen MR) is 39.5 cm³/mol. The summed E-state index contributed by atoms with van der Waals surface area (Å²) in [5.74, 6) is -0.218. The molecule has 0 aromatic heterocycles. The predicted octanol–water partition coefficient (Wildman–Crippen LogP) is 0.675. The Balaban J connectivity index is 3.44. The van der Waals surface area contributed by atoms with Crippen molar-refractivity contribution in [3.8, 4) is 0 Å². The van der Waals surface area contributed by atoms with Gasteiger partial charge in [0.2, 0.25) is 0 Å². The number of nitrogens with two attached hydrogens (primary N) is 1. The molecule has 0 bridgehead atoms. The maximum absolute atomic E-state index is 10.8. The average molecular weight is 145 g/mol. The zero-order valence-electron chi connectivity index (χ0n) is 6.76. The number of carbonyl (C=O) groups excluding carboxylic acids is 1. The summed E-state index contributed by atoms with van der Waals surface area (Å²) in [6.45, 7) is 5.42. The van der Waals surface area contributed by atoms with Crippen molar-refractivity contribution >= 4 is 5.97 Å². The maximum atomic E-state index is 10.8. The van der Waals surface area contributed by atoms with Crippen LogP contribution in [-0.4, -0.2) is 18.1 Å². The molecule has 0 aromatic carbocycles. The molecule has 1 atom stereocenters. The van der Waals surface area contributed by atoms with E-state index in [0.717, 1.165) is 0 Å². The van der Waals surface area contributed by atoms with Crippen molar-refractivity contribution in [3.63, 3.8) is 0 Å². The van der Waals surface area contributed by atoms with Gasteiger partial charge >= 0.3 is 5.97 Å². The lowest BCUT2D eigenvalue weighted by Crippen LogP contribution is -2.22. The second kappa shape index (κ2) is 4.28. The highest BCUT2D eigenvalue weighted by Gasteiger charge is 2.06. The van der Waals surface area contributed by atoms with E-state index in [4.69, 9.17) is 10.5 Å². The molecule has 0 saturated carbocycles. The third-order valence-corrected chi connectivity index (χ3v) is 0.856. The van der Waals surface area contributed by atoms with Gasteiger partial charge in [0.25, 0.3) is 0 Å². The molecule has 0 fully saturated rings. The van der Waals surface area contributed by atoms with Gasteiger partial charge in [-0.15, -0.1) is 0 Å². The molecule has 0 aliphatic heterocycles. The number of hydrogen-bond acceptors (Lipinski definition) is 3. The first-order chi connectivity index (χ1) is 4.52. The zero-order chi connectivity index (χ0) is 8.15. The fourth-order valence-corrected chi connectivity index (χ4v) is 0.574. The van der Waals surface area contributed by atoms with Crippen molar-refractivity contribution in [1.29, 1.82) is 0 Å². The first-order valence-electron chi connectivity index (χ1n) is 3.47. The van der Waals surface area contributed by atoms with E-state index in [9.17, 15) is 4.79 Å². The number of rotatable bonds is 3. The standard InChI is InChI=1S/C7H15NO2/c1-5(2)10-7(9)4-6(3)8/h5-6H,4,8H2,1-3H3/t6-/m1/s1. The first kappa shape index (κ1) is 9.43. The Morgan fingerprint density at radius 1 is 1.50 bits per heavy atom. The third kappa shape index (κ3) is 5.56. The van der Waals surface area contributed by atoms with Gasteiger partial charge in [-0.1, -0.05) is 0 Å². The summed E-state index contributed by atoms with van der Waals surface area (Å²) >= 11 is 0. The van der Waals surface area contributed by atoms with E-state index in [2.05, 4.69) is 0 Å². The molecule has 0 spiro atoms. The molecule has 0 radical (unpaired) electrons. The SMILES string of the molecule is CC(C)OC(=O)C[C@@H](C)N. The van der Waals surface area contributed by atoms with Crippen LogP contribution in [0.25, 0.3) is 0 Å². The Hall–Kier alpha value is -0.570. The molecule has 10 heavy (non-hydrogen) atoms. The average Bonchev–Trinajstić information content (AvgIpc) is 1.58. The van der Waals surface area contributed by atoms with E-state index in [0.29, 0.717) is 6.42 Å². The summed E-state index contributed by atoms with van der Waals surface area (Å²) in [6.07, 6.45) is 0.268. The van der Waals surface area contributed by atoms with Crippen molar-refractivity contribution in [2.75, 3.05) is 0 Å². The molecule has 0 saturated heterocycles. The van der Waals surface area contributed by atoms with Crippen LogP contribution in [-0.2, 0) is 9.53 Å². The van der Waals surface area contributed by atoms with Gasteiger partial charge in [0.15, 0.2) is 0 Å². The highest BCUT2D eigenvalue weighted by molar-refractivity contribution is 5.70. The van der Waals surface area contributed by atoms with E-state index in [-0.39, 0.29) is 18.1 Å². The van der Waals surface area contributed by atoms with Gasteiger partial charge in [-0.25, -0.2) is 0 Å². The van der Waals surface area contributed by atoms with E-state index >= 15 is 0 Å². The fourth-order valence-electron chi connectivity index (χ4n) is 0.574. The molecule has 3 heteroatoms. The molecule has 2 N–H and O–H groups in total. The van der Waals surface area contributed by atoms with Crippen LogP contribution in [0.4, 0.5) is 0 Å². The molecule has 60 valence electrons. The Kier molecular flexibility index (Phi) is 4.03. The number of esters is 1. The van der Waals surface area contributed by atoms with Gasteiger partial charge in [-0.05, 0) is 20.8 Å². The van der Waals surface area contributed by atoms with Crippen LogP contribution in [0.3, 0.4) is 0 Å². The van der Waals surface area contributed by atoms with E-state index in [1.54, 1.807) is 6.92 Å². The van der Waals surface area contributed by atoms with E-state index < -0.39 is 0 Å². The molecule has 0 rings (SSSR count). The van der Waals surface area contributed by atoms with Crippen molar-refractivity contribution in [1.82, 2.24) is 0 Å². The highest BCUT2D eigenvalue weighted by atomic mass is 16.5. The Labute approximate surface area is 61.5 Å². The molecular formula is C7H15NO2. The number of carbonyl (C=O) groups is 1. The van der Waals surface area contributed by atoms with Gasteiger partial charge in [0.1, 0.15) is 0 Å². The van der Waals surface area contributed by atoms with E-state index in [1.807, 2.05) is 13.8 Å². The summed E-state index contributed by atoms with van der Waals surface area (Å²) in [5.41, 5.74) is 5.37. The Morgan fingerprint density at radius 3 is 2.30 bits per heavy atom. The summed E-state index contributed by atoms with van der Waals surface area (Å²) in [7, 11) is 0. The van der Waals surface area contributed by atoms with Crippen molar-refractivity contribution in [2.24, 2.45) is 5.73 Å². The van der Waals surface area contributed by atoms with Crippen LogP contribution in [0.1, 0.15) is 27.2 Å². The largest absolute Gasteiger partial charge is 0.463 e. The second-order valence-corrected chi connectivity index (χ2v) is 2.72. The zero-order valence-corrected chi connectivity index (χ0v) is 6.76. The van der Waals surface area contributed by atoms with Crippen LogP contribution >= 0.6 is 0 Å². The van der Waals surface area contributed by atoms with Crippen LogP contribution < -0.4 is 5.73 Å². The topological polar surface area (TPSA) is 52.3 Å². The minimum Gasteiger partial charge on any atom is -0.463 e. The Bertz CT molecular complexity index is 98.2. The lowest BCUT2D eigenvalue weighted by Gasteiger charge is -2.08. The smallest absolute Gasteiger partial charge is 0.307 e. The minimum absolute atomic E-state index is 0.0359. The van der Waals surface area contributed by atoms with Gasteiger partial charge in [0.05, 0.1) is 12.5 Å². The van der Waals surface area contributed by atoms with Crippen LogP contribution in [0.2, 0.25) is 0 Å². The molecule has 0 unspecified atom stereocenters. The van der Waals surface area contributed by atoms with Crippen LogP contribution in [0.15, 0.2) is 0 Å². The molecule has 0 aliphatic rings. The highest BCUT2D eigenvalue weighted by Crippen LogP contribution is 1.94. The molecule has 0 aliphatic carbocycles. The van der Waals surface area contributed by atoms with Crippen LogP contribution in [0.5, 0.6) is 0 Å². The number of hydrogen-bond donors (Lipinski definition) is 1. The minimum atomic E-state index is -0.218. The molecule has 0 amide bonds. The van der Waals surface area contributed by atoms with Gasteiger partial charge in [0, 0.05) is 6.04 Å². The molecule has 0 heterocycles. The van der Waals surface area contributed by atoms with E-state index in [1.165, 1.54) is 0 Å². The number of ether oxygens (including phenoxy) is 1. The second-order valence-electron chi connectivity index (χ2n) is 2.72. The summed E-state index contributed by atoms with van der Waals surface area (Å²) in [4.78, 5) is 10.8. The fraction of sp³-hybridized carbons (Fsp3) is 0.857. The van der Waals surface area contributed by atoms with Gasteiger partial charge in [-0.3, -0.25) is 4.79 Å². The van der Waals surface area contributed by atoms with Crippen molar-refractivity contribution < 1.29 is 9.53 Å². The lowest BCUT2D eigenvalue weighted by molar-refractivity contribution is -0.147.